The number of phosphoric acid groups is 1. The van der Waals surface area contributed by atoms with Gasteiger partial charge >= 0.3 is 7.82 Å². The zero-order chi connectivity index (χ0) is 17.8. The van der Waals surface area contributed by atoms with E-state index < -0.39 is 7.82 Å². The monoisotopic (exact) mass is 354 g/mol. The minimum absolute atomic E-state index is 0.373. The van der Waals surface area contributed by atoms with Crippen LogP contribution in [0, 0.1) is 0 Å². The molecule has 0 saturated carbocycles. The standard InChI is InChI=1S/C17H36O.H3O4P/c1-2-3-4-5-6-7-8-9-10-11-12-13-14-15-16-17-18;1-5(2,3)4/h18H,2-17H2,1H3;(H3,1,2,3,4). The van der Waals surface area contributed by atoms with Crippen molar-refractivity contribution in [1.29, 1.82) is 0 Å². The molecule has 23 heavy (non-hydrogen) atoms. The van der Waals surface area contributed by atoms with E-state index in [0.717, 1.165) is 6.42 Å². The van der Waals surface area contributed by atoms with Crippen LogP contribution in [0.25, 0.3) is 0 Å². The molecule has 0 spiro atoms. The van der Waals surface area contributed by atoms with Crippen LogP contribution in [0.4, 0.5) is 0 Å². The Labute approximate surface area is 142 Å². The SMILES string of the molecule is CCCCCCCCCCCCCCCCCO.O=P(O)(O)O. The Morgan fingerprint density at radius 3 is 1.00 bits per heavy atom. The Kier molecular flexibility index (Phi) is 22.1. The van der Waals surface area contributed by atoms with E-state index in [9.17, 15) is 0 Å². The molecule has 0 aliphatic heterocycles. The third-order valence-electron chi connectivity index (χ3n) is 3.76. The second kappa shape index (κ2) is 20.1. The summed E-state index contributed by atoms with van der Waals surface area (Å²) in [4.78, 5) is 21.6. The molecule has 0 saturated heterocycles. The molecule has 0 fully saturated rings. The Balaban J connectivity index is 0. The number of aliphatic hydroxyl groups is 1. The molecule has 4 N–H and O–H groups in total. The maximum Gasteiger partial charge on any atom is 0.466 e. The van der Waals surface area contributed by atoms with Gasteiger partial charge in [0, 0.05) is 6.61 Å². The van der Waals surface area contributed by atoms with Gasteiger partial charge in [0.25, 0.3) is 0 Å². The van der Waals surface area contributed by atoms with E-state index >= 15 is 0 Å². The first kappa shape index (κ1) is 25.3. The van der Waals surface area contributed by atoms with Crippen LogP contribution >= 0.6 is 7.82 Å². The molecule has 0 aromatic carbocycles. The lowest BCUT2D eigenvalue weighted by Crippen LogP contribution is -1.85. The van der Waals surface area contributed by atoms with Crippen molar-refractivity contribution in [3.63, 3.8) is 0 Å². The van der Waals surface area contributed by atoms with Crippen molar-refractivity contribution in [2.24, 2.45) is 0 Å². The first-order valence-electron chi connectivity index (χ1n) is 9.31. The highest BCUT2D eigenvalue weighted by Gasteiger charge is 2.00. The predicted octanol–water partition coefficient (Wildman–Crippen LogP) is 4.92. The molecule has 5 nitrogen and oxygen atoms in total. The highest BCUT2D eigenvalue weighted by atomic mass is 31.2. The number of unbranched alkanes of at least 4 members (excludes halogenated alkanes) is 14. The van der Waals surface area contributed by atoms with Gasteiger partial charge in [0.1, 0.15) is 0 Å². The van der Waals surface area contributed by atoms with E-state index in [0.29, 0.717) is 6.61 Å². The van der Waals surface area contributed by atoms with Crippen LogP contribution in [0.3, 0.4) is 0 Å². The van der Waals surface area contributed by atoms with Gasteiger partial charge in [-0.15, -0.1) is 0 Å². The van der Waals surface area contributed by atoms with Crippen molar-refractivity contribution >= 4 is 7.82 Å². The zero-order valence-corrected chi connectivity index (χ0v) is 15.9. The third kappa shape index (κ3) is 39.1. The van der Waals surface area contributed by atoms with Crippen LogP contribution in [0.5, 0.6) is 0 Å². The fourth-order valence-corrected chi connectivity index (χ4v) is 2.48. The zero-order valence-electron chi connectivity index (χ0n) is 15.0. The lowest BCUT2D eigenvalue weighted by atomic mass is 10.0. The van der Waals surface area contributed by atoms with Crippen LogP contribution in [-0.2, 0) is 4.57 Å². The van der Waals surface area contributed by atoms with E-state index in [1.807, 2.05) is 0 Å². The van der Waals surface area contributed by atoms with Gasteiger partial charge in [0.05, 0.1) is 0 Å². The van der Waals surface area contributed by atoms with Crippen LogP contribution in [0.15, 0.2) is 0 Å². The summed E-state index contributed by atoms with van der Waals surface area (Å²) in [6.45, 7) is 2.65. The molecule has 0 aliphatic rings. The number of rotatable bonds is 15. The van der Waals surface area contributed by atoms with E-state index in [4.69, 9.17) is 24.4 Å². The summed E-state index contributed by atoms with van der Waals surface area (Å²) in [6.07, 6.45) is 20.7. The average molecular weight is 354 g/mol. The highest BCUT2D eigenvalue weighted by molar-refractivity contribution is 7.45. The normalized spacial score (nSPS) is 11.2. The van der Waals surface area contributed by atoms with Gasteiger partial charge in [-0.05, 0) is 6.42 Å². The summed E-state index contributed by atoms with van der Waals surface area (Å²) in [5.41, 5.74) is 0. The third-order valence-corrected chi connectivity index (χ3v) is 3.76. The summed E-state index contributed by atoms with van der Waals surface area (Å²) < 4.78 is 8.88. The summed E-state index contributed by atoms with van der Waals surface area (Å²) in [6, 6.07) is 0. The molecule has 0 aromatic rings. The Morgan fingerprint density at radius 1 is 0.565 bits per heavy atom. The quantitative estimate of drug-likeness (QED) is 0.247. The topological polar surface area (TPSA) is 98.0 Å². The molecular formula is C17H39O5P. The second-order valence-corrected chi connectivity index (χ2v) is 7.21. The van der Waals surface area contributed by atoms with E-state index in [1.54, 1.807) is 0 Å². The molecule has 6 heteroatoms. The van der Waals surface area contributed by atoms with Gasteiger partial charge in [-0.25, -0.2) is 4.57 Å². The summed E-state index contributed by atoms with van der Waals surface area (Å²) in [5, 5.41) is 8.66. The van der Waals surface area contributed by atoms with Gasteiger partial charge in [0.2, 0.25) is 0 Å². The molecule has 0 amide bonds. The number of hydrogen-bond donors (Lipinski definition) is 4. The van der Waals surface area contributed by atoms with Gasteiger partial charge < -0.3 is 19.8 Å². The summed E-state index contributed by atoms with van der Waals surface area (Å²) >= 11 is 0. The van der Waals surface area contributed by atoms with Crippen molar-refractivity contribution in [3.05, 3.63) is 0 Å². The highest BCUT2D eigenvalue weighted by Crippen LogP contribution is 2.25. The van der Waals surface area contributed by atoms with Crippen molar-refractivity contribution in [1.82, 2.24) is 0 Å². The Morgan fingerprint density at radius 2 is 0.783 bits per heavy atom. The molecular weight excluding hydrogens is 315 g/mol. The van der Waals surface area contributed by atoms with E-state index in [2.05, 4.69) is 6.92 Å². The molecule has 0 atom stereocenters. The lowest BCUT2D eigenvalue weighted by molar-refractivity contribution is 0.275. The maximum atomic E-state index is 8.88. The molecule has 142 valence electrons. The number of aliphatic hydroxyl groups excluding tert-OH is 1. The van der Waals surface area contributed by atoms with Crippen LogP contribution in [0.2, 0.25) is 0 Å². The largest absolute Gasteiger partial charge is 0.466 e. The molecule has 0 aromatic heterocycles. The minimum atomic E-state index is -4.64. The van der Waals surface area contributed by atoms with Crippen LogP contribution in [-0.4, -0.2) is 26.4 Å². The summed E-state index contributed by atoms with van der Waals surface area (Å²) in [5.74, 6) is 0. The van der Waals surface area contributed by atoms with Crippen LogP contribution < -0.4 is 0 Å². The average Bonchev–Trinajstić information content (AvgIpc) is 2.46. The van der Waals surface area contributed by atoms with E-state index in [1.165, 1.54) is 89.9 Å². The Bertz CT molecular complexity index is 231. The van der Waals surface area contributed by atoms with Gasteiger partial charge in [0.15, 0.2) is 0 Å². The van der Waals surface area contributed by atoms with Gasteiger partial charge in [-0.3, -0.25) is 0 Å². The molecule has 0 bridgehead atoms. The Hall–Kier alpha value is 0.0700. The van der Waals surface area contributed by atoms with Crippen molar-refractivity contribution in [2.75, 3.05) is 6.61 Å². The van der Waals surface area contributed by atoms with Crippen molar-refractivity contribution in [3.8, 4) is 0 Å². The summed E-state index contributed by atoms with van der Waals surface area (Å²) in [7, 11) is -4.64. The predicted molar refractivity (Wildman–Crippen MR) is 96.3 cm³/mol. The van der Waals surface area contributed by atoms with Crippen molar-refractivity contribution in [2.45, 2.75) is 103 Å². The molecule has 0 unspecified atom stereocenters. The van der Waals surface area contributed by atoms with E-state index in [-0.39, 0.29) is 0 Å². The minimum Gasteiger partial charge on any atom is -0.396 e. The molecule has 0 rings (SSSR count). The fraction of sp³-hybridized carbons (Fsp3) is 1.00. The second-order valence-electron chi connectivity index (χ2n) is 6.19. The number of hydrogen-bond acceptors (Lipinski definition) is 2. The van der Waals surface area contributed by atoms with Gasteiger partial charge in [-0.2, -0.15) is 0 Å². The lowest BCUT2D eigenvalue weighted by Gasteiger charge is -2.02. The maximum absolute atomic E-state index is 8.88. The first-order chi connectivity index (χ1) is 10.9. The van der Waals surface area contributed by atoms with Crippen LogP contribution in [0.1, 0.15) is 103 Å². The molecule has 0 aliphatic carbocycles. The molecule has 0 heterocycles. The van der Waals surface area contributed by atoms with Crippen molar-refractivity contribution < 1.29 is 24.4 Å². The smallest absolute Gasteiger partial charge is 0.396 e. The van der Waals surface area contributed by atoms with Gasteiger partial charge in [-0.1, -0.05) is 96.8 Å². The fourth-order valence-electron chi connectivity index (χ4n) is 2.48. The first-order valence-corrected chi connectivity index (χ1v) is 10.9. The molecule has 0 radical (unpaired) electrons.